The van der Waals surface area contributed by atoms with Crippen LogP contribution >= 0.6 is 11.6 Å². The van der Waals surface area contributed by atoms with Crippen molar-refractivity contribution in [2.75, 3.05) is 31.2 Å². The summed E-state index contributed by atoms with van der Waals surface area (Å²) < 4.78 is 0. The molecule has 21 heavy (non-hydrogen) atoms. The maximum absolute atomic E-state index is 5.71. The van der Waals surface area contributed by atoms with E-state index in [4.69, 9.17) is 17.3 Å². The molecule has 0 radical (unpaired) electrons. The number of nitrogens with one attached hydrogen (secondary N) is 1. The highest BCUT2D eigenvalue weighted by Gasteiger charge is 2.03. The van der Waals surface area contributed by atoms with E-state index in [2.05, 4.69) is 56.5 Å². The molecule has 0 saturated heterocycles. The predicted octanol–water partition coefficient (Wildman–Crippen LogP) is 2.04. The highest BCUT2D eigenvalue weighted by Crippen LogP contribution is 2.07. The van der Waals surface area contributed by atoms with Crippen molar-refractivity contribution in [1.82, 2.24) is 19.9 Å². The molecule has 0 aliphatic rings. The molecule has 2 rings (SSSR count). The summed E-state index contributed by atoms with van der Waals surface area (Å²) in [6.07, 6.45) is 0.965. The number of hydrogen-bond donors (Lipinski definition) is 2. The molecule has 1 aromatic carbocycles. The number of benzene rings is 1. The third kappa shape index (κ3) is 5.53. The van der Waals surface area contributed by atoms with Crippen molar-refractivity contribution < 1.29 is 0 Å². The standard InChI is InChI=1S/C14H19ClN6/c1-21(10-11-6-3-2-4-7-11)9-5-8-17-14-19-12(15)18-13(16)20-14/h2-4,6-7H,5,8-10H2,1H3,(H3,16,17,18,19,20). The van der Waals surface area contributed by atoms with Gasteiger partial charge >= 0.3 is 0 Å². The van der Waals surface area contributed by atoms with Crippen molar-refractivity contribution >= 4 is 23.5 Å². The summed E-state index contributed by atoms with van der Waals surface area (Å²) in [5.41, 5.74) is 6.81. The Balaban J connectivity index is 1.69. The van der Waals surface area contributed by atoms with E-state index in [9.17, 15) is 0 Å². The van der Waals surface area contributed by atoms with Gasteiger partial charge in [-0.3, -0.25) is 0 Å². The number of anilines is 2. The fourth-order valence-electron chi connectivity index (χ4n) is 1.97. The van der Waals surface area contributed by atoms with E-state index in [1.54, 1.807) is 0 Å². The van der Waals surface area contributed by atoms with Gasteiger partial charge in [0.25, 0.3) is 0 Å². The summed E-state index contributed by atoms with van der Waals surface area (Å²) in [5, 5.41) is 3.20. The second-order valence-electron chi connectivity index (χ2n) is 4.79. The second kappa shape index (κ2) is 7.75. The summed E-state index contributed by atoms with van der Waals surface area (Å²) in [6.45, 7) is 2.65. The minimum atomic E-state index is 0.103. The first-order chi connectivity index (χ1) is 10.1. The largest absolute Gasteiger partial charge is 0.368 e. The minimum absolute atomic E-state index is 0.103. The summed E-state index contributed by atoms with van der Waals surface area (Å²) in [7, 11) is 2.10. The molecule has 0 saturated carbocycles. The van der Waals surface area contributed by atoms with E-state index in [1.165, 1.54) is 5.56 Å². The quantitative estimate of drug-likeness (QED) is 0.762. The zero-order valence-electron chi connectivity index (χ0n) is 12.0. The Morgan fingerprint density at radius 2 is 1.95 bits per heavy atom. The van der Waals surface area contributed by atoms with Crippen molar-refractivity contribution in [2.24, 2.45) is 0 Å². The summed E-state index contributed by atoms with van der Waals surface area (Å²) >= 11 is 5.71. The van der Waals surface area contributed by atoms with Gasteiger partial charge in [0.1, 0.15) is 0 Å². The molecular formula is C14H19ClN6. The van der Waals surface area contributed by atoms with E-state index >= 15 is 0 Å². The molecule has 2 aromatic rings. The van der Waals surface area contributed by atoms with Gasteiger partial charge in [0.2, 0.25) is 17.2 Å². The fourth-order valence-corrected chi connectivity index (χ4v) is 2.13. The van der Waals surface area contributed by atoms with Crippen LogP contribution in [0.4, 0.5) is 11.9 Å². The maximum atomic E-state index is 5.71. The molecule has 112 valence electrons. The zero-order chi connectivity index (χ0) is 15.1. The van der Waals surface area contributed by atoms with Crippen molar-refractivity contribution in [3.63, 3.8) is 0 Å². The first-order valence-corrected chi connectivity index (χ1v) is 7.14. The van der Waals surface area contributed by atoms with E-state index in [0.29, 0.717) is 5.95 Å². The lowest BCUT2D eigenvalue weighted by molar-refractivity contribution is 0.325. The highest BCUT2D eigenvalue weighted by molar-refractivity contribution is 6.28. The van der Waals surface area contributed by atoms with Gasteiger partial charge in [0, 0.05) is 13.1 Å². The molecule has 0 bridgehead atoms. The molecule has 0 aliphatic carbocycles. The number of rotatable bonds is 7. The first-order valence-electron chi connectivity index (χ1n) is 6.77. The lowest BCUT2D eigenvalue weighted by Crippen LogP contribution is -2.21. The van der Waals surface area contributed by atoms with Crippen molar-refractivity contribution in [3.05, 3.63) is 41.2 Å². The van der Waals surface area contributed by atoms with Gasteiger partial charge in [0.05, 0.1) is 0 Å². The number of nitrogen functional groups attached to an aromatic ring is 1. The van der Waals surface area contributed by atoms with Crippen LogP contribution in [0.15, 0.2) is 30.3 Å². The molecule has 3 N–H and O–H groups in total. The molecule has 0 aliphatic heterocycles. The third-order valence-electron chi connectivity index (χ3n) is 2.92. The van der Waals surface area contributed by atoms with E-state index in [1.807, 2.05) is 6.07 Å². The van der Waals surface area contributed by atoms with Crippen LogP contribution in [0.5, 0.6) is 0 Å². The molecule has 6 nitrogen and oxygen atoms in total. The van der Waals surface area contributed by atoms with Gasteiger partial charge < -0.3 is 16.0 Å². The van der Waals surface area contributed by atoms with Gasteiger partial charge in [-0.15, -0.1) is 0 Å². The van der Waals surface area contributed by atoms with Crippen LogP contribution in [0.25, 0.3) is 0 Å². The van der Waals surface area contributed by atoms with Crippen LogP contribution < -0.4 is 11.1 Å². The molecule has 0 atom stereocenters. The number of hydrogen-bond acceptors (Lipinski definition) is 6. The van der Waals surface area contributed by atoms with Crippen LogP contribution in [-0.4, -0.2) is 40.0 Å². The Morgan fingerprint density at radius 1 is 1.19 bits per heavy atom. The molecule has 0 fully saturated rings. The number of halogens is 1. The maximum Gasteiger partial charge on any atom is 0.228 e. The van der Waals surface area contributed by atoms with Gasteiger partial charge in [-0.05, 0) is 37.2 Å². The average Bonchev–Trinajstić information content (AvgIpc) is 2.44. The van der Waals surface area contributed by atoms with Crippen LogP contribution in [0.3, 0.4) is 0 Å². The number of nitrogens with two attached hydrogens (primary N) is 1. The Bertz CT molecular complexity index is 542. The van der Waals surface area contributed by atoms with Crippen molar-refractivity contribution in [1.29, 1.82) is 0 Å². The van der Waals surface area contributed by atoms with Crippen LogP contribution in [0.2, 0.25) is 5.28 Å². The monoisotopic (exact) mass is 306 g/mol. The Kier molecular flexibility index (Phi) is 5.71. The zero-order valence-corrected chi connectivity index (χ0v) is 12.7. The Morgan fingerprint density at radius 3 is 2.67 bits per heavy atom. The Hall–Kier alpha value is -1.92. The van der Waals surface area contributed by atoms with E-state index in [-0.39, 0.29) is 11.2 Å². The molecule has 7 heteroatoms. The summed E-state index contributed by atoms with van der Waals surface area (Å²) in [4.78, 5) is 13.9. The Labute approximate surface area is 129 Å². The van der Waals surface area contributed by atoms with Gasteiger partial charge in [0.15, 0.2) is 0 Å². The molecule has 0 amide bonds. The first kappa shape index (κ1) is 15.5. The minimum Gasteiger partial charge on any atom is -0.368 e. The van der Waals surface area contributed by atoms with Crippen molar-refractivity contribution in [2.45, 2.75) is 13.0 Å². The normalized spacial score (nSPS) is 10.8. The lowest BCUT2D eigenvalue weighted by atomic mass is 10.2. The van der Waals surface area contributed by atoms with Crippen LogP contribution in [0.1, 0.15) is 12.0 Å². The predicted molar refractivity (Wildman–Crippen MR) is 85.1 cm³/mol. The van der Waals surface area contributed by atoms with Gasteiger partial charge in [-0.1, -0.05) is 30.3 Å². The number of nitrogens with zero attached hydrogens (tertiary/aromatic N) is 4. The summed E-state index contributed by atoms with van der Waals surface area (Å²) in [6, 6.07) is 10.4. The average molecular weight is 307 g/mol. The topological polar surface area (TPSA) is 80.0 Å². The highest BCUT2D eigenvalue weighted by atomic mass is 35.5. The SMILES string of the molecule is CN(CCCNc1nc(N)nc(Cl)n1)Cc1ccccc1. The molecule has 1 aromatic heterocycles. The third-order valence-corrected chi connectivity index (χ3v) is 3.09. The second-order valence-corrected chi connectivity index (χ2v) is 5.13. The molecule has 0 unspecified atom stereocenters. The molecular weight excluding hydrogens is 288 g/mol. The van der Waals surface area contributed by atoms with Gasteiger partial charge in [-0.2, -0.15) is 15.0 Å². The van der Waals surface area contributed by atoms with E-state index < -0.39 is 0 Å². The smallest absolute Gasteiger partial charge is 0.228 e. The summed E-state index contributed by atoms with van der Waals surface area (Å²) in [5.74, 6) is 0.539. The fraction of sp³-hybridized carbons (Fsp3) is 0.357. The molecule has 0 spiro atoms. The van der Waals surface area contributed by atoms with Gasteiger partial charge in [-0.25, -0.2) is 0 Å². The van der Waals surface area contributed by atoms with Crippen LogP contribution in [-0.2, 0) is 6.54 Å². The molecule has 1 heterocycles. The van der Waals surface area contributed by atoms with Crippen molar-refractivity contribution in [3.8, 4) is 0 Å². The van der Waals surface area contributed by atoms with E-state index in [0.717, 1.165) is 26.1 Å². The lowest BCUT2D eigenvalue weighted by Gasteiger charge is -2.16. The van der Waals surface area contributed by atoms with Crippen LogP contribution in [0, 0.1) is 0 Å². The number of aromatic nitrogens is 3.